The smallest absolute Gasteiger partial charge is 0.204 e. The summed E-state index contributed by atoms with van der Waals surface area (Å²) in [5.74, 6) is 19.1. The van der Waals surface area contributed by atoms with Crippen molar-refractivity contribution in [3.8, 4) is 28.7 Å². The number of carbonyl (C=O) groups excluding carboxylic acids is 1. The summed E-state index contributed by atoms with van der Waals surface area (Å²) < 4.78 is 33.4. The molecule has 6 saturated carbocycles. The van der Waals surface area contributed by atoms with E-state index in [1.807, 2.05) is 0 Å². The van der Waals surface area contributed by atoms with Crippen LogP contribution in [-0.2, 0) is 32.7 Å². The molecule has 101 heavy (non-hydrogen) atoms. The molecule has 2 atom stereocenters. The molecule has 9 heteroatoms. The second-order valence-electron chi connectivity index (χ2n) is 34.0. The normalized spacial score (nSPS) is 24.8. The first-order valence-electron chi connectivity index (χ1n) is 40.1. The Bertz CT molecular complexity index is 3520. The molecule has 3 aliphatic heterocycles. The molecule has 9 aliphatic rings. The van der Waals surface area contributed by atoms with Gasteiger partial charge in [-0.15, -0.1) is 0 Å². The largest absolute Gasteiger partial charge is 0.493 e. The van der Waals surface area contributed by atoms with Crippen molar-refractivity contribution < 1.29 is 28.5 Å². The summed E-state index contributed by atoms with van der Waals surface area (Å²) in [5, 5.41) is 7.76. The number of ketones is 1. The standard InChI is InChI=1S/C34H51O2S.C32H45O2S.C23H29O2S.3CH3/c1-33(2,3)24-13-17-26(18-14-24)35-30-23-31(36-27-19-15-25(16-20-27)34(4,5)6)32(37-21-9-10-22-37)29-12-8-7-11-28(29)30;1-3-10-24(11-4-1)20-33-29-18-19-31(35-22-26-14-7-8-15-27(26)23-35)32-28(29)16-9-17-30(32)34-21-25-12-5-2-6-13-25;1-17(24)21-16-22(26-14-6-7-15-26)19-10-4-5-11-20(19)23(21)25-13-12-18-8-2-3-9-18;;;/h7-8,11-12,23-27H,9-10,13-22H2,1-6H3;9,16-19,24-27H,1-8,10-15,20-23H2;4-5,10-11,16,18H,2-3,6-9,12-15H2,1H3;3*1H3/q3*+1;3*-1. The monoisotopic (exact) mass is 1430 g/mol. The van der Waals surface area contributed by atoms with Crippen LogP contribution in [0.25, 0.3) is 32.3 Å². The van der Waals surface area contributed by atoms with Crippen molar-refractivity contribution in [3.63, 3.8) is 0 Å². The maximum atomic E-state index is 12.4. The lowest BCUT2D eigenvalue weighted by molar-refractivity contribution is 0.0830. The molecule has 6 nitrogen and oxygen atoms in total. The van der Waals surface area contributed by atoms with Crippen molar-refractivity contribution in [2.24, 2.45) is 52.3 Å². The van der Waals surface area contributed by atoms with Crippen molar-refractivity contribution >= 4 is 70.8 Å². The number of Topliss-reactive ketones (excluding diaryl/α,β-unsaturated/α-hetero) is 1. The third-order valence-corrected chi connectivity index (χ3v) is 32.8. The molecule has 556 valence electrons. The van der Waals surface area contributed by atoms with Crippen LogP contribution < -0.4 is 23.7 Å². The number of benzene rings is 6. The van der Waals surface area contributed by atoms with Gasteiger partial charge in [0.2, 0.25) is 4.90 Å². The summed E-state index contributed by atoms with van der Waals surface area (Å²) in [6, 6.07) is 33.5. The molecule has 6 aromatic carbocycles. The van der Waals surface area contributed by atoms with E-state index in [2.05, 4.69) is 133 Å². The van der Waals surface area contributed by atoms with Gasteiger partial charge in [-0.2, -0.15) is 0 Å². The van der Waals surface area contributed by atoms with Gasteiger partial charge in [0.05, 0.1) is 43.0 Å². The first kappa shape index (κ1) is 79.4. The minimum absolute atomic E-state index is 0. The van der Waals surface area contributed by atoms with Crippen molar-refractivity contribution in [2.45, 2.75) is 274 Å². The number of hydrogen-bond donors (Lipinski definition) is 0. The van der Waals surface area contributed by atoms with Gasteiger partial charge in [0.15, 0.2) is 21.3 Å². The van der Waals surface area contributed by atoms with E-state index in [0.29, 0.717) is 33.9 Å². The van der Waals surface area contributed by atoms with E-state index in [1.54, 1.807) is 11.8 Å². The second-order valence-corrected chi connectivity index (χ2v) is 40.6. The third-order valence-electron chi connectivity index (χ3n) is 25.1. The Balaban J connectivity index is 0.000000163. The molecule has 3 saturated heterocycles. The third kappa shape index (κ3) is 20.1. The highest BCUT2D eigenvalue weighted by Crippen LogP contribution is 2.49. The van der Waals surface area contributed by atoms with E-state index in [1.165, 1.54) is 251 Å². The second kappa shape index (κ2) is 37.4. The van der Waals surface area contributed by atoms with E-state index in [9.17, 15) is 4.79 Å². The van der Waals surface area contributed by atoms with E-state index in [-0.39, 0.29) is 49.9 Å². The van der Waals surface area contributed by atoms with Crippen LogP contribution in [0.4, 0.5) is 0 Å². The van der Waals surface area contributed by atoms with Crippen LogP contribution in [0, 0.1) is 74.5 Å². The van der Waals surface area contributed by atoms with Crippen LogP contribution in [0.2, 0.25) is 0 Å². The first-order chi connectivity index (χ1) is 47.7. The minimum Gasteiger partial charge on any atom is -0.493 e. The molecule has 0 N–H and O–H groups in total. The van der Waals surface area contributed by atoms with Crippen LogP contribution in [0.3, 0.4) is 0 Å². The van der Waals surface area contributed by atoms with Crippen LogP contribution in [0.1, 0.15) is 258 Å². The highest BCUT2D eigenvalue weighted by atomic mass is 32.2. The van der Waals surface area contributed by atoms with Crippen LogP contribution >= 0.6 is 0 Å². The molecule has 6 aliphatic carbocycles. The summed E-state index contributed by atoms with van der Waals surface area (Å²) in [6.07, 6.45) is 41.7. The van der Waals surface area contributed by atoms with Gasteiger partial charge in [-0.1, -0.05) is 167 Å². The summed E-state index contributed by atoms with van der Waals surface area (Å²) in [5.41, 5.74) is 1.58. The Labute approximate surface area is 623 Å². The fourth-order valence-electron chi connectivity index (χ4n) is 19.0. The summed E-state index contributed by atoms with van der Waals surface area (Å²) in [7, 11) is 0.916. The highest BCUT2D eigenvalue weighted by Gasteiger charge is 2.45. The van der Waals surface area contributed by atoms with Crippen LogP contribution in [-0.4, -0.2) is 72.3 Å². The van der Waals surface area contributed by atoms with E-state index in [4.69, 9.17) is 23.7 Å². The van der Waals surface area contributed by atoms with Crippen molar-refractivity contribution in [2.75, 3.05) is 54.3 Å². The topological polar surface area (TPSA) is 63.2 Å². The molecule has 6 aromatic rings. The van der Waals surface area contributed by atoms with Crippen molar-refractivity contribution in [1.29, 1.82) is 0 Å². The number of ether oxygens (including phenoxy) is 5. The van der Waals surface area contributed by atoms with Gasteiger partial charge in [0.25, 0.3) is 0 Å². The fourth-order valence-corrected chi connectivity index (χ4v) is 27.3. The molecular formula is C92H134O6S3. The van der Waals surface area contributed by atoms with E-state index < -0.39 is 0 Å². The molecule has 0 amide bonds. The average molecular weight is 1430 g/mol. The molecule has 0 aromatic heterocycles. The van der Waals surface area contributed by atoms with E-state index in [0.717, 1.165) is 120 Å². The maximum absolute atomic E-state index is 12.4. The zero-order chi connectivity index (χ0) is 67.6. The SMILES string of the molecule is CC(=O)c1cc([S+]2CCCC2)c2ccccc2c1OCCC1CCCC1.CC(C)(C)C1CCC(Oc2cc(OC3CCC(C(C)(C)C)CC3)c3ccccc3c2[S+]2CCCC2)CC1.[CH3-].[CH3-].[CH3-].c1cc(OCC2CCCCC2)c2c([S+]3CC4CCCCC4C3)ccc(OCC3CCCCC3)c2c1. The number of fused-ring (bicyclic) bond motifs is 4. The Kier molecular flexibility index (Phi) is 29.4. The molecule has 0 bridgehead atoms. The minimum atomic E-state index is 0. The highest BCUT2D eigenvalue weighted by molar-refractivity contribution is 7.98. The van der Waals surface area contributed by atoms with E-state index >= 15 is 0 Å². The van der Waals surface area contributed by atoms with Gasteiger partial charge >= 0.3 is 0 Å². The van der Waals surface area contributed by atoms with Gasteiger partial charge in [-0.05, 0) is 200 Å². The molecular weight excluding hydrogens is 1300 g/mol. The molecule has 15 rings (SSSR count). The van der Waals surface area contributed by atoms with Gasteiger partial charge < -0.3 is 46.0 Å². The summed E-state index contributed by atoms with van der Waals surface area (Å²) in [4.78, 5) is 16.9. The number of rotatable bonds is 18. The zero-order valence-corrected chi connectivity index (χ0v) is 67.3. The number of carbonyl (C=O) groups is 1. The Morgan fingerprint density at radius 1 is 0.406 bits per heavy atom. The summed E-state index contributed by atoms with van der Waals surface area (Å²) in [6.45, 7) is 18.5. The quantitative estimate of drug-likeness (QED) is 0.0485. The van der Waals surface area contributed by atoms with Gasteiger partial charge in [0, 0.05) is 83.6 Å². The Hall–Kier alpha value is -4.18. The predicted octanol–water partition coefficient (Wildman–Crippen LogP) is 25.3. The molecule has 0 spiro atoms. The lowest BCUT2D eigenvalue weighted by atomic mass is 9.72. The van der Waals surface area contributed by atoms with Gasteiger partial charge in [0.1, 0.15) is 57.5 Å². The van der Waals surface area contributed by atoms with Crippen molar-refractivity contribution in [3.05, 3.63) is 119 Å². The average Bonchev–Trinajstić information content (AvgIpc) is 1.77. The molecule has 3 heterocycles. The molecule has 0 radical (unpaired) electrons. The first-order valence-corrected chi connectivity index (χ1v) is 44.8. The Morgan fingerprint density at radius 2 is 0.881 bits per heavy atom. The Morgan fingerprint density at radius 3 is 1.44 bits per heavy atom. The number of hydrogen-bond acceptors (Lipinski definition) is 6. The molecule has 2 unspecified atom stereocenters. The maximum Gasteiger partial charge on any atom is 0.204 e. The lowest BCUT2D eigenvalue weighted by Crippen LogP contribution is -2.31. The van der Waals surface area contributed by atoms with Gasteiger partial charge in [-0.25, -0.2) is 0 Å². The molecule has 9 fully saturated rings. The van der Waals surface area contributed by atoms with Crippen LogP contribution in [0.5, 0.6) is 28.7 Å². The lowest BCUT2D eigenvalue weighted by Gasteiger charge is -2.37. The zero-order valence-electron chi connectivity index (χ0n) is 64.8. The van der Waals surface area contributed by atoms with Gasteiger partial charge in [-0.3, -0.25) is 4.79 Å². The van der Waals surface area contributed by atoms with Crippen molar-refractivity contribution in [1.82, 2.24) is 0 Å². The summed E-state index contributed by atoms with van der Waals surface area (Å²) >= 11 is 0. The predicted molar refractivity (Wildman–Crippen MR) is 439 cm³/mol. The fraction of sp³-hybridized carbons (Fsp3) is 0.630. The van der Waals surface area contributed by atoms with Crippen LogP contribution in [0.15, 0.2) is 106 Å².